The molecule has 1 aliphatic carbocycles. The Morgan fingerprint density at radius 2 is 1.95 bits per heavy atom. The lowest BCUT2D eigenvalue weighted by molar-refractivity contribution is 0.583. The highest BCUT2D eigenvalue weighted by atomic mass is 35.5. The maximum atomic E-state index is 12.0. The Morgan fingerprint density at radius 3 is 2.58 bits per heavy atom. The van der Waals surface area contributed by atoms with E-state index >= 15 is 0 Å². The van der Waals surface area contributed by atoms with Gasteiger partial charge in [0.2, 0.25) is 0 Å². The topological polar surface area (TPSA) is 58.5 Å². The summed E-state index contributed by atoms with van der Waals surface area (Å²) < 4.78 is 24.1. The number of nitrogens with zero attached hydrogens (tertiary/aromatic N) is 1. The minimum absolute atomic E-state index is 0.158. The first kappa shape index (κ1) is 14.3. The van der Waals surface area contributed by atoms with Crippen molar-refractivity contribution >= 4 is 27.3 Å². The molecule has 0 amide bonds. The summed E-state index contributed by atoms with van der Waals surface area (Å²) in [5.41, 5.74) is 1.74. The first-order chi connectivity index (χ1) is 8.99. The molecule has 1 N–H and O–H groups in total. The lowest BCUT2D eigenvalue weighted by atomic mass is 9.98. The Morgan fingerprint density at radius 1 is 1.26 bits per heavy atom. The van der Waals surface area contributed by atoms with Gasteiger partial charge in [-0.2, -0.15) is 13.5 Å². The Kier molecular flexibility index (Phi) is 4.47. The van der Waals surface area contributed by atoms with Crippen molar-refractivity contribution in [2.75, 3.05) is 0 Å². The van der Waals surface area contributed by atoms with Gasteiger partial charge in [-0.15, -0.1) is 11.6 Å². The van der Waals surface area contributed by atoms with Crippen LogP contribution in [0.5, 0.6) is 0 Å². The van der Waals surface area contributed by atoms with Gasteiger partial charge in [0.1, 0.15) is 0 Å². The van der Waals surface area contributed by atoms with E-state index in [1.165, 1.54) is 0 Å². The molecule has 0 bridgehead atoms. The summed E-state index contributed by atoms with van der Waals surface area (Å²) in [4.78, 5) is 2.48. The van der Waals surface area contributed by atoms with Crippen molar-refractivity contribution in [2.45, 2.75) is 42.9 Å². The summed E-state index contributed by atoms with van der Waals surface area (Å²) in [6.07, 6.45) is 3.68. The van der Waals surface area contributed by atoms with Gasteiger partial charge in [-0.25, -0.2) is 4.83 Å². The monoisotopic (exact) mass is 300 g/mol. The average Bonchev–Trinajstić information content (AvgIpc) is 2.38. The summed E-state index contributed by atoms with van der Waals surface area (Å²) in [6, 6.07) is 6.65. The van der Waals surface area contributed by atoms with Crippen LogP contribution in [0, 0.1) is 6.92 Å². The normalized spacial score (nSPS) is 22.4. The molecule has 1 aromatic rings. The third-order valence-corrected chi connectivity index (χ3v) is 4.84. The van der Waals surface area contributed by atoms with E-state index in [4.69, 9.17) is 11.6 Å². The second-order valence-corrected chi connectivity index (χ2v) is 6.91. The van der Waals surface area contributed by atoms with Gasteiger partial charge in [-0.05, 0) is 38.3 Å². The molecule has 0 aromatic heterocycles. The van der Waals surface area contributed by atoms with Crippen molar-refractivity contribution in [3.05, 3.63) is 29.8 Å². The van der Waals surface area contributed by atoms with E-state index in [9.17, 15) is 8.42 Å². The van der Waals surface area contributed by atoms with E-state index < -0.39 is 10.0 Å². The summed E-state index contributed by atoms with van der Waals surface area (Å²) >= 11 is 6.11. The van der Waals surface area contributed by atoms with Gasteiger partial charge < -0.3 is 0 Å². The number of rotatable bonds is 3. The Balaban J connectivity index is 2.13. The predicted octanol–water partition coefficient (Wildman–Crippen LogP) is 2.81. The number of hydrazone groups is 1. The van der Waals surface area contributed by atoms with Gasteiger partial charge in [0.15, 0.2) is 0 Å². The van der Waals surface area contributed by atoms with E-state index in [1.807, 2.05) is 6.92 Å². The molecule has 2 rings (SSSR count). The molecular weight excluding hydrogens is 284 g/mol. The van der Waals surface area contributed by atoms with Gasteiger partial charge in [0.05, 0.1) is 16.0 Å². The van der Waals surface area contributed by atoms with Gasteiger partial charge in [-0.1, -0.05) is 24.1 Å². The smallest absolute Gasteiger partial charge is 0.200 e. The molecule has 6 heteroatoms. The standard InChI is InChI=1S/C13H17ClN2O2S/c1-10-6-8-11(9-7-10)19(17,18)16-15-13-5-3-2-4-12(13)14/h6-9,12,16H,2-5H2,1H3/b15-13-. The maximum Gasteiger partial charge on any atom is 0.276 e. The molecule has 1 aliphatic rings. The lowest BCUT2D eigenvalue weighted by Crippen LogP contribution is -2.26. The molecule has 1 saturated carbocycles. The molecule has 0 spiro atoms. The van der Waals surface area contributed by atoms with Gasteiger partial charge in [-0.3, -0.25) is 0 Å². The predicted molar refractivity (Wildman–Crippen MR) is 77.0 cm³/mol. The first-order valence-electron chi connectivity index (χ1n) is 6.28. The van der Waals surface area contributed by atoms with Crippen molar-refractivity contribution in [3.8, 4) is 0 Å². The van der Waals surface area contributed by atoms with E-state index in [0.29, 0.717) is 0 Å². The zero-order valence-corrected chi connectivity index (χ0v) is 12.3. The van der Waals surface area contributed by atoms with Crippen LogP contribution in [0.1, 0.15) is 31.2 Å². The molecule has 104 valence electrons. The summed E-state index contributed by atoms with van der Waals surface area (Å²) in [5.74, 6) is 0. The Bertz CT molecular complexity index is 567. The Labute approximate surface area is 118 Å². The first-order valence-corrected chi connectivity index (χ1v) is 8.20. The molecule has 0 aliphatic heterocycles. The van der Waals surface area contributed by atoms with Crippen LogP contribution >= 0.6 is 11.6 Å². The van der Waals surface area contributed by atoms with Crippen LogP contribution in [0.4, 0.5) is 0 Å². The third-order valence-electron chi connectivity index (χ3n) is 3.14. The number of halogens is 1. The number of alkyl halides is 1. The molecule has 0 saturated heterocycles. The zero-order chi connectivity index (χ0) is 13.9. The molecule has 1 fully saturated rings. The number of nitrogens with one attached hydrogen (secondary N) is 1. The largest absolute Gasteiger partial charge is 0.276 e. The quantitative estimate of drug-likeness (QED) is 0.689. The van der Waals surface area contributed by atoms with Crippen LogP contribution in [-0.2, 0) is 10.0 Å². The molecule has 4 nitrogen and oxygen atoms in total. The van der Waals surface area contributed by atoms with Gasteiger partial charge in [0.25, 0.3) is 10.0 Å². The van der Waals surface area contributed by atoms with Crippen molar-refractivity contribution in [2.24, 2.45) is 5.10 Å². The van der Waals surface area contributed by atoms with Crippen LogP contribution in [0.2, 0.25) is 0 Å². The number of hydrogen-bond acceptors (Lipinski definition) is 3. The number of aryl methyl sites for hydroxylation is 1. The number of benzene rings is 1. The molecule has 0 heterocycles. The second-order valence-electron chi connectivity index (χ2n) is 4.72. The maximum absolute atomic E-state index is 12.0. The highest BCUT2D eigenvalue weighted by Gasteiger charge is 2.19. The van der Waals surface area contributed by atoms with Crippen molar-refractivity contribution < 1.29 is 8.42 Å². The van der Waals surface area contributed by atoms with E-state index in [0.717, 1.165) is 37.0 Å². The highest BCUT2D eigenvalue weighted by Crippen LogP contribution is 2.20. The molecule has 1 aromatic carbocycles. The van der Waals surface area contributed by atoms with Crippen LogP contribution in [0.3, 0.4) is 0 Å². The fraction of sp³-hybridized carbons (Fsp3) is 0.462. The number of hydrogen-bond donors (Lipinski definition) is 1. The molecule has 0 radical (unpaired) electrons. The van der Waals surface area contributed by atoms with Crippen molar-refractivity contribution in [1.29, 1.82) is 0 Å². The van der Waals surface area contributed by atoms with Crippen LogP contribution in [0.15, 0.2) is 34.3 Å². The summed E-state index contributed by atoms with van der Waals surface area (Å²) in [7, 11) is -3.60. The van der Waals surface area contributed by atoms with Crippen LogP contribution in [0.25, 0.3) is 0 Å². The zero-order valence-electron chi connectivity index (χ0n) is 10.8. The van der Waals surface area contributed by atoms with Crippen molar-refractivity contribution in [1.82, 2.24) is 4.83 Å². The average molecular weight is 301 g/mol. The van der Waals surface area contributed by atoms with Crippen LogP contribution < -0.4 is 4.83 Å². The van der Waals surface area contributed by atoms with E-state index in [2.05, 4.69) is 9.93 Å². The highest BCUT2D eigenvalue weighted by molar-refractivity contribution is 7.89. The van der Waals surface area contributed by atoms with E-state index in [-0.39, 0.29) is 10.3 Å². The van der Waals surface area contributed by atoms with Gasteiger partial charge >= 0.3 is 0 Å². The molecule has 19 heavy (non-hydrogen) atoms. The molecular formula is C13H17ClN2O2S. The van der Waals surface area contributed by atoms with Gasteiger partial charge in [0, 0.05) is 0 Å². The SMILES string of the molecule is Cc1ccc(S(=O)(=O)N/N=C2/CCCCC2Cl)cc1. The summed E-state index contributed by atoms with van der Waals surface area (Å²) in [6.45, 7) is 1.91. The minimum atomic E-state index is -3.60. The second kappa shape index (κ2) is 5.92. The fourth-order valence-corrected chi connectivity index (χ4v) is 3.12. The molecule has 1 unspecified atom stereocenters. The van der Waals surface area contributed by atoms with E-state index in [1.54, 1.807) is 24.3 Å². The third kappa shape index (κ3) is 3.70. The molecule has 1 atom stereocenters. The van der Waals surface area contributed by atoms with Crippen molar-refractivity contribution in [3.63, 3.8) is 0 Å². The fourth-order valence-electron chi connectivity index (χ4n) is 1.97. The summed E-state index contributed by atoms with van der Waals surface area (Å²) in [5, 5.41) is 3.82. The van der Waals surface area contributed by atoms with Crippen LogP contribution in [-0.4, -0.2) is 19.5 Å². The lowest BCUT2D eigenvalue weighted by Gasteiger charge is -2.18. The number of sulfonamides is 1. The Hall–Kier alpha value is -1.07. The minimum Gasteiger partial charge on any atom is -0.200 e.